The summed E-state index contributed by atoms with van der Waals surface area (Å²) in [6.07, 6.45) is 9.93. The Balaban J connectivity index is 1.29. The van der Waals surface area contributed by atoms with Gasteiger partial charge >= 0.3 is 5.69 Å². The molecule has 186 valence electrons. The minimum atomic E-state index is -0.637. The van der Waals surface area contributed by atoms with Crippen molar-refractivity contribution in [2.45, 2.75) is 76.3 Å². The number of hydrogen-bond donors (Lipinski definition) is 2. The molecule has 1 aromatic carbocycles. The summed E-state index contributed by atoms with van der Waals surface area (Å²) in [6.45, 7) is 2.31. The van der Waals surface area contributed by atoms with Crippen molar-refractivity contribution in [1.82, 2.24) is 19.4 Å². The van der Waals surface area contributed by atoms with E-state index in [2.05, 4.69) is 29.4 Å². The van der Waals surface area contributed by atoms with Crippen molar-refractivity contribution in [3.8, 4) is 0 Å². The number of unbranched alkanes of at least 4 members (excludes halogenated alkanes) is 2. The van der Waals surface area contributed by atoms with E-state index in [0.29, 0.717) is 12.5 Å². The van der Waals surface area contributed by atoms with Crippen LogP contribution >= 0.6 is 0 Å². The summed E-state index contributed by atoms with van der Waals surface area (Å²) in [6, 6.07) is 5.85. The number of aromatic nitrogens is 2. The highest BCUT2D eigenvalue weighted by atomic mass is 16.2. The van der Waals surface area contributed by atoms with Crippen LogP contribution in [0.15, 0.2) is 23.0 Å². The summed E-state index contributed by atoms with van der Waals surface area (Å²) in [5, 5.41) is 2.36. The SMILES string of the molecule is CN(CCCCCc1ccc2c(c1)n(C)c(=O)n2C1CCC(=O)NC1=O)CC1CCC(N)CC1. The van der Waals surface area contributed by atoms with Crippen molar-refractivity contribution in [1.29, 1.82) is 0 Å². The van der Waals surface area contributed by atoms with E-state index in [4.69, 9.17) is 5.73 Å². The van der Waals surface area contributed by atoms with Gasteiger partial charge in [-0.2, -0.15) is 0 Å². The van der Waals surface area contributed by atoms with Gasteiger partial charge in [0.05, 0.1) is 11.0 Å². The maximum atomic E-state index is 12.9. The second-order valence-electron chi connectivity index (χ2n) is 10.4. The van der Waals surface area contributed by atoms with Crippen molar-refractivity contribution in [2.24, 2.45) is 18.7 Å². The van der Waals surface area contributed by atoms with Gasteiger partial charge in [-0.1, -0.05) is 12.5 Å². The van der Waals surface area contributed by atoms with Gasteiger partial charge < -0.3 is 10.6 Å². The predicted octanol–water partition coefficient (Wildman–Crippen LogP) is 2.48. The molecule has 2 aromatic rings. The first kappa shape index (κ1) is 24.7. The Morgan fingerprint density at radius 2 is 1.79 bits per heavy atom. The quantitative estimate of drug-likeness (QED) is 0.434. The zero-order valence-corrected chi connectivity index (χ0v) is 20.6. The predicted molar refractivity (Wildman–Crippen MR) is 134 cm³/mol. The van der Waals surface area contributed by atoms with Crippen molar-refractivity contribution in [3.05, 3.63) is 34.2 Å². The summed E-state index contributed by atoms with van der Waals surface area (Å²) >= 11 is 0. The fraction of sp³-hybridized carbons (Fsp3) is 0.654. The number of nitrogens with two attached hydrogens (primary N) is 1. The number of piperidine rings is 1. The standard InChI is InChI=1S/C26H39N5O3/c1-29(17-19-7-10-20(27)11-8-19)15-5-3-4-6-18-9-12-21-23(16-18)30(2)26(34)31(21)22-13-14-24(32)28-25(22)33/h9,12,16,19-20,22H,3-8,10-11,13-15,17,27H2,1-2H3,(H,28,32,33). The van der Waals surface area contributed by atoms with Gasteiger partial charge in [0.2, 0.25) is 11.8 Å². The molecule has 1 aliphatic carbocycles. The summed E-state index contributed by atoms with van der Waals surface area (Å²) in [5.74, 6) is 0.129. The van der Waals surface area contributed by atoms with Crippen LogP contribution in [0, 0.1) is 5.92 Å². The van der Waals surface area contributed by atoms with Gasteiger partial charge in [-0.25, -0.2) is 4.79 Å². The molecule has 3 N–H and O–H groups in total. The number of benzene rings is 1. The first-order valence-corrected chi connectivity index (χ1v) is 12.8. The lowest BCUT2D eigenvalue weighted by Crippen LogP contribution is -2.44. The molecule has 1 aromatic heterocycles. The molecule has 34 heavy (non-hydrogen) atoms. The normalized spacial score (nSPS) is 23.6. The van der Waals surface area contributed by atoms with Crippen LogP contribution in [0.3, 0.4) is 0 Å². The minimum Gasteiger partial charge on any atom is -0.328 e. The summed E-state index contributed by atoms with van der Waals surface area (Å²) < 4.78 is 3.15. The third-order valence-electron chi connectivity index (χ3n) is 7.64. The number of imidazole rings is 1. The lowest BCUT2D eigenvalue weighted by Gasteiger charge is -2.29. The Hall–Kier alpha value is -2.45. The number of rotatable bonds is 9. The maximum absolute atomic E-state index is 12.9. The van der Waals surface area contributed by atoms with E-state index >= 15 is 0 Å². The number of nitrogens with one attached hydrogen (secondary N) is 1. The van der Waals surface area contributed by atoms with Gasteiger partial charge in [0.25, 0.3) is 0 Å². The van der Waals surface area contributed by atoms with E-state index in [0.717, 1.165) is 36.3 Å². The minimum absolute atomic E-state index is 0.218. The molecule has 1 aliphatic heterocycles. The van der Waals surface area contributed by atoms with Crippen molar-refractivity contribution in [3.63, 3.8) is 0 Å². The molecule has 4 rings (SSSR count). The molecule has 8 heteroatoms. The molecule has 1 atom stereocenters. The Morgan fingerprint density at radius 1 is 1.03 bits per heavy atom. The van der Waals surface area contributed by atoms with E-state index in [-0.39, 0.29) is 18.0 Å². The molecule has 0 radical (unpaired) electrons. The lowest BCUT2D eigenvalue weighted by atomic mass is 9.86. The topological polar surface area (TPSA) is 102 Å². The molecular formula is C26H39N5O3. The van der Waals surface area contributed by atoms with E-state index in [1.54, 1.807) is 11.6 Å². The first-order chi connectivity index (χ1) is 16.3. The number of aryl methyl sites for hydroxylation is 2. The van der Waals surface area contributed by atoms with E-state index in [1.807, 2.05) is 6.07 Å². The van der Waals surface area contributed by atoms with Crippen LogP contribution in [0.1, 0.15) is 69.4 Å². The second-order valence-corrected chi connectivity index (χ2v) is 10.4. The van der Waals surface area contributed by atoms with Gasteiger partial charge in [0.1, 0.15) is 6.04 Å². The van der Waals surface area contributed by atoms with Crippen LogP contribution in [0.25, 0.3) is 11.0 Å². The fourth-order valence-corrected chi connectivity index (χ4v) is 5.58. The number of carbonyl (C=O) groups excluding carboxylic acids is 2. The number of nitrogens with zero attached hydrogens (tertiary/aromatic N) is 3. The highest BCUT2D eigenvalue weighted by Gasteiger charge is 2.31. The first-order valence-electron chi connectivity index (χ1n) is 12.8. The molecule has 1 unspecified atom stereocenters. The number of imide groups is 1. The molecule has 2 fully saturated rings. The molecule has 1 saturated carbocycles. The Morgan fingerprint density at radius 3 is 2.53 bits per heavy atom. The zero-order valence-electron chi connectivity index (χ0n) is 20.6. The molecule has 2 amide bonds. The third-order valence-corrected chi connectivity index (χ3v) is 7.64. The van der Waals surface area contributed by atoms with Gasteiger partial charge in [-0.3, -0.25) is 24.0 Å². The number of fused-ring (bicyclic) bond motifs is 1. The monoisotopic (exact) mass is 469 g/mol. The molecule has 1 saturated heterocycles. The van der Waals surface area contributed by atoms with Crippen LogP contribution in [0.5, 0.6) is 0 Å². The molecule has 8 nitrogen and oxygen atoms in total. The number of carbonyl (C=O) groups is 2. The van der Waals surface area contributed by atoms with E-state index in [9.17, 15) is 14.4 Å². The molecular weight excluding hydrogens is 430 g/mol. The van der Waals surface area contributed by atoms with Crippen molar-refractivity contribution >= 4 is 22.8 Å². The number of amides is 2. The maximum Gasteiger partial charge on any atom is 0.329 e. The van der Waals surface area contributed by atoms with E-state index < -0.39 is 11.9 Å². The van der Waals surface area contributed by atoms with Crippen molar-refractivity contribution in [2.75, 3.05) is 20.1 Å². The van der Waals surface area contributed by atoms with Gasteiger partial charge in [-0.05, 0) is 88.6 Å². The van der Waals surface area contributed by atoms with E-state index in [1.165, 1.54) is 55.2 Å². The fourth-order valence-electron chi connectivity index (χ4n) is 5.58. The van der Waals surface area contributed by atoms with Crippen molar-refractivity contribution < 1.29 is 9.59 Å². The van der Waals surface area contributed by atoms with Gasteiger partial charge in [0.15, 0.2) is 0 Å². The Labute approximate surface area is 201 Å². The molecule has 0 bridgehead atoms. The average molecular weight is 470 g/mol. The molecule has 0 spiro atoms. The van der Waals surface area contributed by atoms with Crippen LogP contribution in [0.2, 0.25) is 0 Å². The largest absolute Gasteiger partial charge is 0.329 e. The smallest absolute Gasteiger partial charge is 0.328 e. The van der Waals surface area contributed by atoms with Crippen LogP contribution in [-0.4, -0.2) is 52.0 Å². The number of hydrogen-bond acceptors (Lipinski definition) is 5. The summed E-state index contributed by atoms with van der Waals surface area (Å²) in [4.78, 5) is 39.2. The van der Waals surface area contributed by atoms with Crippen LogP contribution in [0.4, 0.5) is 0 Å². The van der Waals surface area contributed by atoms with Crippen LogP contribution < -0.4 is 16.7 Å². The Kier molecular flexibility index (Phi) is 7.88. The highest BCUT2D eigenvalue weighted by molar-refractivity contribution is 6.00. The summed E-state index contributed by atoms with van der Waals surface area (Å²) in [7, 11) is 3.97. The second kappa shape index (κ2) is 10.9. The highest BCUT2D eigenvalue weighted by Crippen LogP contribution is 2.25. The average Bonchev–Trinajstić information content (AvgIpc) is 3.05. The van der Waals surface area contributed by atoms with Gasteiger partial charge in [-0.15, -0.1) is 0 Å². The van der Waals surface area contributed by atoms with Crippen LogP contribution in [-0.2, 0) is 23.1 Å². The van der Waals surface area contributed by atoms with Gasteiger partial charge in [0, 0.05) is 26.1 Å². The summed E-state index contributed by atoms with van der Waals surface area (Å²) in [5.41, 5.74) is 8.59. The third kappa shape index (κ3) is 5.61. The zero-order chi connectivity index (χ0) is 24.2. The molecule has 2 heterocycles. The molecule has 2 aliphatic rings. The lowest BCUT2D eigenvalue weighted by molar-refractivity contribution is -0.135. The Bertz CT molecular complexity index is 1080.